The number of nitrogens with one attached hydrogen (secondary N) is 1. The maximum Gasteiger partial charge on any atom is 0.320 e. The highest BCUT2D eigenvalue weighted by Crippen LogP contribution is 2.23. The molecule has 0 radical (unpaired) electrons. The molecule has 0 aliphatic heterocycles. The Labute approximate surface area is 121 Å². The highest BCUT2D eigenvalue weighted by atomic mass is 19.1. The number of oxazole rings is 1. The molecule has 0 aliphatic rings. The largest absolute Gasteiger partial charge is 0.480 e. The molecular formula is C15H17FN2O3. The fraction of sp³-hybridized carbons (Fsp3) is 0.333. The molecule has 0 fully saturated rings. The van der Waals surface area contributed by atoms with E-state index in [1.54, 1.807) is 18.2 Å². The van der Waals surface area contributed by atoms with Crippen molar-refractivity contribution >= 4 is 5.97 Å². The van der Waals surface area contributed by atoms with Gasteiger partial charge < -0.3 is 9.52 Å². The monoisotopic (exact) mass is 292 g/mol. The third-order valence-corrected chi connectivity index (χ3v) is 3.07. The van der Waals surface area contributed by atoms with Gasteiger partial charge in [-0.3, -0.25) is 10.1 Å². The molecule has 1 aromatic carbocycles. The molecule has 1 aromatic heterocycles. The normalized spacial score (nSPS) is 12.3. The molecule has 112 valence electrons. The van der Waals surface area contributed by atoms with Crippen LogP contribution in [0, 0.1) is 5.82 Å². The third kappa shape index (κ3) is 3.88. The van der Waals surface area contributed by atoms with Gasteiger partial charge in [-0.25, -0.2) is 9.37 Å². The zero-order valence-electron chi connectivity index (χ0n) is 11.7. The van der Waals surface area contributed by atoms with Gasteiger partial charge in [0.25, 0.3) is 0 Å². The molecule has 1 heterocycles. The van der Waals surface area contributed by atoms with Crippen molar-refractivity contribution in [1.82, 2.24) is 10.3 Å². The fourth-order valence-electron chi connectivity index (χ4n) is 1.99. The number of hydrogen-bond donors (Lipinski definition) is 2. The van der Waals surface area contributed by atoms with E-state index in [0.29, 0.717) is 23.6 Å². The Morgan fingerprint density at radius 1 is 1.48 bits per heavy atom. The predicted molar refractivity (Wildman–Crippen MR) is 75.1 cm³/mol. The number of halogens is 1. The van der Waals surface area contributed by atoms with Gasteiger partial charge in [0.1, 0.15) is 11.9 Å². The van der Waals surface area contributed by atoms with Crippen LogP contribution in [-0.4, -0.2) is 22.1 Å². The lowest BCUT2D eigenvalue weighted by Gasteiger charge is -2.11. The van der Waals surface area contributed by atoms with Crippen molar-refractivity contribution in [2.45, 2.75) is 32.4 Å². The molecule has 6 heteroatoms. The number of carboxylic acid groups (broad SMARTS) is 1. The SMILES string of the molecule is CCCC(NCc1ncc(-c2ccccc2F)o1)C(=O)O. The maximum atomic E-state index is 13.6. The van der Waals surface area contributed by atoms with E-state index in [1.165, 1.54) is 12.3 Å². The lowest BCUT2D eigenvalue weighted by Crippen LogP contribution is -2.36. The average molecular weight is 292 g/mol. The highest BCUT2D eigenvalue weighted by molar-refractivity contribution is 5.73. The summed E-state index contributed by atoms with van der Waals surface area (Å²) in [4.78, 5) is 15.1. The first-order chi connectivity index (χ1) is 10.1. The number of rotatable bonds is 7. The Morgan fingerprint density at radius 3 is 2.90 bits per heavy atom. The second kappa shape index (κ2) is 6.99. The van der Waals surface area contributed by atoms with Crippen molar-refractivity contribution in [3.05, 3.63) is 42.2 Å². The molecule has 5 nitrogen and oxygen atoms in total. The summed E-state index contributed by atoms with van der Waals surface area (Å²) in [5.41, 5.74) is 0.333. The molecule has 1 unspecified atom stereocenters. The van der Waals surface area contributed by atoms with Gasteiger partial charge in [-0.05, 0) is 18.6 Å². The van der Waals surface area contributed by atoms with Crippen LogP contribution < -0.4 is 5.32 Å². The number of hydrogen-bond acceptors (Lipinski definition) is 4. The number of aromatic nitrogens is 1. The van der Waals surface area contributed by atoms with E-state index in [1.807, 2.05) is 6.92 Å². The van der Waals surface area contributed by atoms with Crippen LogP contribution >= 0.6 is 0 Å². The molecule has 0 aliphatic carbocycles. The van der Waals surface area contributed by atoms with Crippen molar-refractivity contribution in [2.24, 2.45) is 0 Å². The number of nitrogens with zero attached hydrogens (tertiary/aromatic N) is 1. The summed E-state index contributed by atoms with van der Waals surface area (Å²) >= 11 is 0. The molecule has 0 amide bonds. The lowest BCUT2D eigenvalue weighted by atomic mass is 10.2. The first-order valence-electron chi connectivity index (χ1n) is 6.77. The number of benzene rings is 1. The van der Waals surface area contributed by atoms with E-state index < -0.39 is 12.0 Å². The molecule has 1 atom stereocenters. The van der Waals surface area contributed by atoms with Gasteiger partial charge in [-0.2, -0.15) is 0 Å². The summed E-state index contributed by atoms with van der Waals surface area (Å²) in [6.45, 7) is 2.10. The second-order valence-electron chi connectivity index (χ2n) is 4.66. The first-order valence-corrected chi connectivity index (χ1v) is 6.77. The maximum absolute atomic E-state index is 13.6. The van der Waals surface area contributed by atoms with E-state index in [4.69, 9.17) is 9.52 Å². The van der Waals surface area contributed by atoms with Crippen LogP contribution in [0.4, 0.5) is 4.39 Å². The lowest BCUT2D eigenvalue weighted by molar-refractivity contribution is -0.139. The molecular weight excluding hydrogens is 275 g/mol. The van der Waals surface area contributed by atoms with Crippen LogP contribution in [0.25, 0.3) is 11.3 Å². The summed E-state index contributed by atoms with van der Waals surface area (Å²) in [6.07, 6.45) is 2.72. The number of carboxylic acids is 1. The van der Waals surface area contributed by atoms with Crippen LogP contribution in [-0.2, 0) is 11.3 Å². The Balaban J connectivity index is 2.04. The highest BCUT2D eigenvalue weighted by Gasteiger charge is 2.17. The minimum atomic E-state index is -0.905. The van der Waals surface area contributed by atoms with Crippen molar-refractivity contribution < 1.29 is 18.7 Å². The van der Waals surface area contributed by atoms with Gasteiger partial charge in [-0.15, -0.1) is 0 Å². The smallest absolute Gasteiger partial charge is 0.320 e. The predicted octanol–water partition coefficient (Wildman–Crippen LogP) is 2.82. The molecule has 0 bridgehead atoms. The van der Waals surface area contributed by atoms with Crippen molar-refractivity contribution in [1.29, 1.82) is 0 Å². The molecule has 2 rings (SSSR count). The van der Waals surface area contributed by atoms with Crippen LogP contribution in [0.1, 0.15) is 25.7 Å². The van der Waals surface area contributed by atoms with E-state index in [-0.39, 0.29) is 12.4 Å². The topological polar surface area (TPSA) is 75.4 Å². The number of aliphatic carboxylic acids is 1. The van der Waals surface area contributed by atoms with Gasteiger partial charge in [0.05, 0.1) is 18.3 Å². The zero-order valence-corrected chi connectivity index (χ0v) is 11.7. The standard InChI is InChI=1S/C15H17FN2O3/c1-2-5-12(15(19)20)17-9-14-18-8-13(21-14)10-6-3-4-7-11(10)16/h3-4,6-8,12,17H,2,5,9H2,1H3,(H,19,20). The molecule has 0 spiro atoms. The van der Waals surface area contributed by atoms with Gasteiger partial charge >= 0.3 is 5.97 Å². The Morgan fingerprint density at radius 2 is 2.24 bits per heavy atom. The summed E-state index contributed by atoms with van der Waals surface area (Å²) in [5.74, 6) is -0.636. The van der Waals surface area contributed by atoms with Crippen LogP contribution in [0.2, 0.25) is 0 Å². The average Bonchev–Trinajstić information content (AvgIpc) is 2.92. The van der Waals surface area contributed by atoms with Crippen molar-refractivity contribution in [3.63, 3.8) is 0 Å². The summed E-state index contributed by atoms with van der Waals surface area (Å²) < 4.78 is 19.1. The minimum absolute atomic E-state index is 0.186. The zero-order chi connectivity index (χ0) is 15.2. The van der Waals surface area contributed by atoms with E-state index >= 15 is 0 Å². The molecule has 0 saturated heterocycles. The summed E-state index contributed by atoms with van der Waals surface area (Å²) in [5, 5.41) is 11.9. The van der Waals surface area contributed by atoms with E-state index in [0.717, 1.165) is 6.42 Å². The second-order valence-corrected chi connectivity index (χ2v) is 4.66. The van der Waals surface area contributed by atoms with Crippen LogP contribution in [0.5, 0.6) is 0 Å². The summed E-state index contributed by atoms with van der Waals surface area (Å²) in [6, 6.07) is 5.61. The number of carbonyl (C=O) groups is 1. The van der Waals surface area contributed by atoms with E-state index in [9.17, 15) is 9.18 Å². The third-order valence-electron chi connectivity index (χ3n) is 3.07. The molecule has 2 aromatic rings. The quantitative estimate of drug-likeness (QED) is 0.820. The van der Waals surface area contributed by atoms with Gasteiger partial charge in [0.15, 0.2) is 5.76 Å². The molecule has 2 N–H and O–H groups in total. The Bertz CT molecular complexity index is 612. The molecule has 0 saturated carbocycles. The van der Waals surface area contributed by atoms with Gasteiger partial charge in [-0.1, -0.05) is 25.5 Å². The Hall–Kier alpha value is -2.21. The minimum Gasteiger partial charge on any atom is -0.480 e. The van der Waals surface area contributed by atoms with Gasteiger partial charge in [0.2, 0.25) is 5.89 Å². The fourth-order valence-corrected chi connectivity index (χ4v) is 1.99. The van der Waals surface area contributed by atoms with Crippen LogP contribution in [0.3, 0.4) is 0 Å². The van der Waals surface area contributed by atoms with Gasteiger partial charge in [0, 0.05) is 0 Å². The van der Waals surface area contributed by atoms with Crippen molar-refractivity contribution in [3.8, 4) is 11.3 Å². The van der Waals surface area contributed by atoms with Crippen molar-refractivity contribution in [2.75, 3.05) is 0 Å². The summed E-state index contributed by atoms with van der Waals surface area (Å²) in [7, 11) is 0. The first kappa shape index (κ1) is 15.2. The van der Waals surface area contributed by atoms with E-state index in [2.05, 4.69) is 10.3 Å². The molecule has 21 heavy (non-hydrogen) atoms. The van der Waals surface area contributed by atoms with Crippen LogP contribution in [0.15, 0.2) is 34.9 Å². The Kier molecular flexibility index (Phi) is 5.05.